The number of hydrogen-bond acceptors (Lipinski definition) is 5. The topological polar surface area (TPSA) is 105 Å². The van der Waals surface area contributed by atoms with Crippen molar-refractivity contribution in [1.82, 2.24) is 10.6 Å². The maximum atomic E-state index is 12.3. The van der Waals surface area contributed by atoms with Gasteiger partial charge in [-0.05, 0) is 25.5 Å². The zero-order valence-corrected chi connectivity index (χ0v) is 13.2. The van der Waals surface area contributed by atoms with E-state index in [9.17, 15) is 14.4 Å². The molecule has 23 heavy (non-hydrogen) atoms. The zero-order valence-electron chi connectivity index (χ0n) is 13.2. The van der Waals surface area contributed by atoms with E-state index >= 15 is 0 Å². The van der Waals surface area contributed by atoms with Gasteiger partial charge in [0.15, 0.2) is 0 Å². The Morgan fingerprint density at radius 2 is 1.83 bits per heavy atom. The van der Waals surface area contributed by atoms with Crippen molar-refractivity contribution in [3.05, 3.63) is 35.9 Å². The van der Waals surface area contributed by atoms with E-state index in [0.717, 1.165) is 5.56 Å². The van der Waals surface area contributed by atoms with E-state index in [1.807, 2.05) is 30.3 Å². The second kappa shape index (κ2) is 9.58. The molecule has 0 aromatic heterocycles. The maximum absolute atomic E-state index is 12.3. The van der Waals surface area contributed by atoms with E-state index in [1.54, 1.807) is 7.05 Å². The Bertz CT molecular complexity index is 533. The number of carbonyl (C=O) groups excluding carboxylic acids is 2. The molecule has 0 saturated carbocycles. The Kier molecular flexibility index (Phi) is 7.76. The van der Waals surface area contributed by atoms with Crippen molar-refractivity contribution in [2.24, 2.45) is 0 Å². The lowest BCUT2D eigenvalue weighted by Crippen LogP contribution is -2.50. The van der Waals surface area contributed by atoms with E-state index in [0.29, 0.717) is 6.42 Å². The lowest BCUT2D eigenvalue weighted by molar-refractivity contribution is -0.144. The number of rotatable bonds is 9. The third-order valence-electron chi connectivity index (χ3n) is 3.43. The zero-order chi connectivity index (χ0) is 17.2. The summed E-state index contributed by atoms with van der Waals surface area (Å²) in [6, 6.07) is 7.72. The molecule has 0 fully saturated rings. The smallest absolute Gasteiger partial charge is 0.326 e. The van der Waals surface area contributed by atoms with Crippen molar-refractivity contribution in [2.75, 3.05) is 14.2 Å². The standard InChI is InChI=1S/C16H22N2O5/c1-17-13(10-11-6-4-3-5-7-11)15(20)18-12(16(21)22)8-9-14(19)23-2/h3-7,12-13,17H,8-10H2,1-2H3,(H,18,20)(H,21,22). The van der Waals surface area contributed by atoms with Crippen LogP contribution in [0, 0.1) is 0 Å². The molecular weight excluding hydrogens is 300 g/mol. The second-order valence-electron chi connectivity index (χ2n) is 5.05. The van der Waals surface area contributed by atoms with Gasteiger partial charge in [0.05, 0.1) is 13.2 Å². The number of aliphatic carboxylic acids is 1. The first-order valence-electron chi connectivity index (χ1n) is 7.29. The van der Waals surface area contributed by atoms with Crippen molar-refractivity contribution in [2.45, 2.75) is 31.3 Å². The fourth-order valence-electron chi connectivity index (χ4n) is 2.07. The van der Waals surface area contributed by atoms with Crippen LogP contribution in [0.1, 0.15) is 18.4 Å². The van der Waals surface area contributed by atoms with Gasteiger partial charge < -0.3 is 20.5 Å². The molecule has 3 N–H and O–H groups in total. The molecule has 7 heteroatoms. The summed E-state index contributed by atoms with van der Waals surface area (Å²) >= 11 is 0. The summed E-state index contributed by atoms with van der Waals surface area (Å²) in [5, 5.41) is 14.5. The molecule has 1 aromatic rings. The van der Waals surface area contributed by atoms with Gasteiger partial charge in [0.2, 0.25) is 5.91 Å². The SMILES string of the molecule is CNC(Cc1ccccc1)C(=O)NC(CCC(=O)OC)C(=O)O. The number of amides is 1. The van der Waals surface area contributed by atoms with Crippen LogP contribution in [-0.4, -0.2) is 49.2 Å². The molecule has 0 heterocycles. The average Bonchev–Trinajstić information content (AvgIpc) is 2.56. The summed E-state index contributed by atoms with van der Waals surface area (Å²) in [6.45, 7) is 0. The molecule has 0 bridgehead atoms. The summed E-state index contributed by atoms with van der Waals surface area (Å²) < 4.78 is 4.48. The molecule has 0 aliphatic rings. The molecule has 0 spiro atoms. The predicted octanol–water partition coefficient (Wildman–Crippen LogP) is 0.340. The van der Waals surface area contributed by atoms with Crippen LogP contribution in [0.2, 0.25) is 0 Å². The summed E-state index contributed by atoms with van der Waals surface area (Å²) in [4.78, 5) is 34.6. The molecule has 1 rings (SSSR count). The third-order valence-corrected chi connectivity index (χ3v) is 3.43. The Morgan fingerprint density at radius 1 is 1.17 bits per heavy atom. The van der Waals surface area contributed by atoms with Gasteiger partial charge >= 0.3 is 11.9 Å². The highest BCUT2D eigenvalue weighted by Crippen LogP contribution is 2.05. The third kappa shape index (κ3) is 6.48. The second-order valence-corrected chi connectivity index (χ2v) is 5.05. The quantitative estimate of drug-likeness (QED) is 0.566. The Balaban J connectivity index is 2.64. The first-order valence-corrected chi connectivity index (χ1v) is 7.29. The molecule has 7 nitrogen and oxygen atoms in total. The number of carboxylic acid groups (broad SMARTS) is 1. The largest absolute Gasteiger partial charge is 0.480 e. The molecule has 2 unspecified atom stereocenters. The highest BCUT2D eigenvalue weighted by atomic mass is 16.5. The first kappa shape index (κ1) is 18.6. The minimum Gasteiger partial charge on any atom is -0.480 e. The Hall–Kier alpha value is -2.41. The lowest BCUT2D eigenvalue weighted by Gasteiger charge is -2.20. The fourth-order valence-corrected chi connectivity index (χ4v) is 2.07. The van der Waals surface area contributed by atoms with Gasteiger partial charge in [0.25, 0.3) is 0 Å². The molecule has 2 atom stereocenters. The van der Waals surface area contributed by atoms with Crippen LogP contribution in [0.3, 0.4) is 0 Å². The van der Waals surface area contributed by atoms with Crippen LogP contribution >= 0.6 is 0 Å². The number of methoxy groups -OCH3 is 1. The average molecular weight is 322 g/mol. The van der Waals surface area contributed by atoms with Crippen molar-refractivity contribution in [1.29, 1.82) is 0 Å². The van der Waals surface area contributed by atoms with Crippen LogP contribution in [0.15, 0.2) is 30.3 Å². The number of likely N-dealkylation sites (N-methyl/N-ethyl adjacent to an activating group) is 1. The van der Waals surface area contributed by atoms with Gasteiger partial charge in [-0.3, -0.25) is 9.59 Å². The van der Waals surface area contributed by atoms with Crippen LogP contribution in [0.4, 0.5) is 0 Å². The molecule has 0 saturated heterocycles. The predicted molar refractivity (Wildman–Crippen MR) is 83.8 cm³/mol. The van der Waals surface area contributed by atoms with E-state index in [1.165, 1.54) is 7.11 Å². The van der Waals surface area contributed by atoms with E-state index < -0.39 is 29.9 Å². The molecule has 1 amide bonds. The first-order chi connectivity index (χ1) is 11.0. The summed E-state index contributed by atoms with van der Waals surface area (Å²) in [7, 11) is 2.87. The maximum Gasteiger partial charge on any atom is 0.326 e. The lowest BCUT2D eigenvalue weighted by atomic mass is 10.0. The summed E-state index contributed by atoms with van der Waals surface area (Å²) in [5.74, 6) is -2.12. The van der Waals surface area contributed by atoms with Crippen molar-refractivity contribution in [3.8, 4) is 0 Å². The van der Waals surface area contributed by atoms with Gasteiger partial charge in [-0.1, -0.05) is 30.3 Å². The number of esters is 1. The minimum absolute atomic E-state index is 0.0183. The Morgan fingerprint density at radius 3 is 2.35 bits per heavy atom. The van der Waals surface area contributed by atoms with Crippen LogP contribution in [-0.2, 0) is 25.5 Å². The van der Waals surface area contributed by atoms with Crippen molar-refractivity contribution < 1.29 is 24.2 Å². The van der Waals surface area contributed by atoms with E-state index in [2.05, 4.69) is 15.4 Å². The number of hydrogen-bond donors (Lipinski definition) is 3. The Labute approximate surface area is 135 Å². The van der Waals surface area contributed by atoms with E-state index in [-0.39, 0.29) is 12.8 Å². The van der Waals surface area contributed by atoms with Crippen LogP contribution < -0.4 is 10.6 Å². The van der Waals surface area contributed by atoms with Gasteiger partial charge in [-0.15, -0.1) is 0 Å². The van der Waals surface area contributed by atoms with Crippen molar-refractivity contribution in [3.63, 3.8) is 0 Å². The number of ether oxygens (including phenoxy) is 1. The fraction of sp³-hybridized carbons (Fsp3) is 0.438. The van der Waals surface area contributed by atoms with Gasteiger partial charge in [0, 0.05) is 6.42 Å². The number of benzene rings is 1. The normalized spacial score (nSPS) is 13.0. The van der Waals surface area contributed by atoms with E-state index in [4.69, 9.17) is 5.11 Å². The van der Waals surface area contributed by atoms with Gasteiger partial charge in [-0.25, -0.2) is 4.79 Å². The molecule has 0 aliphatic heterocycles. The van der Waals surface area contributed by atoms with Crippen molar-refractivity contribution >= 4 is 17.8 Å². The molecule has 1 aromatic carbocycles. The monoisotopic (exact) mass is 322 g/mol. The number of carbonyl (C=O) groups is 3. The molecule has 0 radical (unpaired) electrons. The van der Waals surface area contributed by atoms with Gasteiger partial charge in [0.1, 0.15) is 6.04 Å². The highest BCUT2D eigenvalue weighted by Gasteiger charge is 2.25. The molecular formula is C16H22N2O5. The number of nitrogens with one attached hydrogen (secondary N) is 2. The minimum atomic E-state index is -1.18. The summed E-state index contributed by atoms with van der Waals surface area (Å²) in [5.41, 5.74) is 0.962. The van der Waals surface area contributed by atoms with Crippen LogP contribution in [0.5, 0.6) is 0 Å². The molecule has 0 aliphatic carbocycles. The van der Waals surface area contributed by atoms with Crippen LogP contribution in [0.25, 0.3) is 0 Å². The summed E-state index contributed by atoms with van der Waals surface area (Å²) in [6.07, 6.45) is 0.346. The number of carboxylic acids is 1. The molecule has 126 valence electrons. The highest BCUT2D eigenvalue weighted by molar-refractivity contribution is 5.87. The van der Waals surface area contributed by atoms with Gasteiger partial charge in [-0.2, -0.15) is 0 Å².